The van der Waals surface area contributed by atoms with Gasteiger partial charge in [0.2, 0.25) is 5.91 Å². The van der Waals surface area contributed by atoms with Gasteiger partial charge in [-0.2, -0.15) is 0 Å². The molecule has 0 saturated carbocycles. The Kier molecular flexibility index (Phi) is 9.90. The highest BCUT2D eigenvalue weighted by Crippen LogP contribution is 2.18. The van der Waals surface area contributed by atoms with Gasteiger partial charge in [0.05, 0.1) is 6.04 Å². The molecule has 1 atom stereocenters. The number of hydrogen-bond acceptors (Lipinski definition) is 3. The number of benzene rings is 1. The fourth-order valence-electron chi connectivity index (χ4n) is 2.76. The molecule has 0 aromatic heterocycles. The lowest BCUT2D eigenvalue weighted by atomic mass is 9.87. The molecule has 1 aliphatic rings. The molecule has 138 valence electrons. The van der Waals surface area contributed by atoms with Gasteiger partial charge in [0.15, 0.2) is 0 Å². The van der Waals surface area contributed by atoms with Crippen molar-refractivity contribution in [3.05, 3.63) is 35.4 Å². The second-order valence-corrected chi connectivity index (χ2v) is 7.28. The van der Waals surface area contributed by atoms with E-state index in [9.17, 15) is 4.79 Å². The maximum Gasteiger partial charge on any atom is 0.237 e. The van der Waals surface area contributed by atoms with Gasteiger partial charge in [0.25, 0.3) is 0 Å². The van der Waals surface area contributed by atoms with Gasteiger partial charge < -0.3 is 11.1 Å². The minimum Gasteiger partial charge on any atom is -0.355 e. The fraction of sp³-hybridized carbons (Fsp3) is 0.611. The summed E-state index contributed by atoms with van der Waals surface area (Å²) < 4.78 is 0. The zero-order chi connectivity index (χ0) is 16.2. The minimum atomic E-state index is -0.450. The molecule has 0 bridgehead atoms. The van der Waals surface area contributed by atoms with Crippen LogP contribution in [-0.2, 0) is 17.8 Å². The van der Waals surface area contributed by atoms with E-state index in [4.69, 9.17) is 5.73 Å². The summed E-state index contributed by atoms with van der Waals surface area (Å²) >= 11 is 0. The van der Waals surface area contributed by atoms with Crippen LogP contribution in [0.5, 0.6) is 0 Å². The first-order valence-corrected chi connectivity index (χ1v) is 8.20. The van der Waals surface area contributed by atoms with Crippen molar-refractivity contribution in [2.45, 2.75) is 46.2 Å². The van der Waals surface area contributed by atoms with Gasteiger partial charge in [-0.3, -0.25) is 9.69 Å². The van der Waals surface area contributed by atoms with Crippen molar-refractivity contribution in [3.8, 4) is 0 Å². The molecular formula is C18H31Cl2N3O. The largest absolute Gasteiger partial charge is 0.355 e. The second kappa shape index (κ2) is 10.2. The Hall–Kier alpha value is -0.810. The Morgan fingerprint density at radius 3 is 2.50 bits per heavy atom. The molecule has 0 saturated heterocycles. The number of hydrogen-bond donors (Lipinski definition) is 2. The van der Waals surface area contributed by atoms with Gasteiger partial charge in [-0.25, -0.2) is 0 Å². The van der Waals surface area contributed by atoms with Gasteiger partial charge in [-0.1, -0.05) is 45.0 Å². The van der Waals surface area contributed by atoms with Crippen LogP contribution >= 0.6 is 24.8 Å². The van der Waals surface area contributed by atoms with Gasteiger partial charge in [0.1, 0.15) is 0 Å². The lowest BCUT2D eigenvalue weighted by molar-refractivity contribution is -0.124. The van der Waals surface area contributed by atoms with Crippen molar-refractivity contribution in [3.63, 3.8) is 0 Å². The summed E-state index contributed by atoms with van der Waals surface area (Å²) in [5.41, 5.74) is 8.67. The van der Waals surface area contributed by atoms with Crippen LogP contribution in [0.1, 0.15) is 38.3 Å². The molecule has 1 aromatic rings. The van der Waals surface area contributed by atoms with Gasteiger partial charge in [-0.05, 0) is 29.4 Å². The van der Waals surface area contributed by atoms with E-state index < -0.39 is 6.04 Å². The number of nitrogens with zero attached hydrogens (tertiary/aromatic N) is 1. The summed E-state index contributed by atoms with van der Waals surface area (Å²) in [6.45, 7) is 9.80. The third kappa shape index (κ3) is 6.60. The Morgan fingerprint density at radius 2 is 1.88 bits per heavy atom. The predicted molar refractivity (Wildman–Crippen MR) is 105 cm³/mol. The summed E-state index contributed by atoms with van der Waals surface area (Å²) in [5, 5.41) is 2.96. The minimum absolute atomic E-state index is 0. The Morgan fingerprint density at radius 1 is 1.25 bits per heavy atom. The molecule has 0 aliphatic carbocycles. The van der Waals surface area contributed by atoms with E-state index >= 15 is 0 Å². The normalized spacial score (nSPS) is 15.5. The quantitative estimate of drug-likeness (QED) is 0.777. The Bertz CT molecular complexity index is 517. The average molecular weight is 376 g/mol. The van der Waals surface area contributed by atoms with Gasteiger partial charge >= 0.3 is 0 Å². The molecule has 0 unspecified atom stereocenters. The zero-order valence-electron chi connectivity index (χ0n) is 14.9. The molecule has 3 N–H and O–H groups in total. The van der Waals surface area contributed by atoms with E-state index in [1.807, 2.05) is 20.8 Å². The molecule has 1 aromatic carbocycles. The number of fused-ring (bicyclic) bond motifs is 1. The molecular weight excluding hydrogens is 345 g/mol. The van der Waals surface area contributed by atoms with Crippen molar-refractivity contribution < 1.29 is 4.79 Å². The maximum atomic E-state index is 12.0. The van der Waals surface area contributed by atoms with Crippen LogP contribution in [0.4, 0.5) is 0 Å². The monoisotopic (exact) mass is 375 g/mol. The number of carbonyl (C=O) groups is 1. The Labute approximate surface area is 158 Å². The van der Waals surface area contributed by atoms with Crippen LogP contribution in [0.15, 0.2) is 24.3 Å². The molecule has 0 radical (unpaired) electrons. The van der Waals surface area contributed by atoms with E-state index in [1.165, 1.54) is 11.1 Å². The molecule has 1 heterocycles. The number of halogens is 2. The first-order chi connectivity index (χ1) is 10.4. The molecule has 4 nitrogen and oxygen atoms in total. The fourth-order valence-corrected chi connectivity index (χ4v) is 2.76. The van der Waals surface area contributed by atoms with Crippen LogP contribution in [0.3, 0.4) is 0 Å². The molecule has 6 heteroatoms. The van der Waals surface area contributed by atoms with E-state index in [2.05, 4.69) is 34.5 Å². The van der Waals surface area contributed by atoms with E-state index in [0.29, 0.717) is 6.54 Å². The predicted octanol–water partition coefficient (Wildman–Crippen LogP) is 2.77. The molecule has 1 aliphatic heterocycles. The third-order valence-corrected chi connectivity index (χ3v) is 4.38. The molecule has 0 fully saturated rings. The lowest BCUT2D eigenvalue weighted by Gasteiger charge is -2.29. The number of nitrogens with one attached hydrogen (secondary N) is 1. The van der Waals surface area contributed by atoms with Crippen LogP contribution < -0.4 is 11.1 Å². The average Bonchev–Trinajstić information content (AvgIpc) is 2.49. The highest BCUT2D eigenvalue weighted by atomic mass is 35.5. The first-order valence-electron chi connectivity index (χ1n) is 8.20. The number of amides is 1. The van der Waals surface area contributed by atoms with Crippen molar-refractivity contribution in [1.29, 1.82) is 0 Å². The highest BCUT2D eigenvalue weighted by molar-refractivity contribution is 5.85. The van der Waals surface area contributed by atoms with Crippen LogP contribution in [0.2, 0.25) is 0 Å². The van der Waals surface area contributed by atoms with Gasteiger partial charge in [-0.15, -0.1) is 24.8 Å². The summed E-state index contributed by atoms with van der Waals surface area (Å²) in [6.07, 6.45) is 2.09. The summed E-state index contributed by atoms with van der Waals surface area (Å²) in [5.74, 6) is -0.0449. The van der Waals surface area contributed by atoms with E-state index in [0.717, 1.165) is 32.5 Å². The number of carbonyl (C=O) groups excluding carboxylic acids is 1. The third-order valence-electron chi connectivity index (χ3n) is 4.38. The molecule has 2 rings (SSSR count). The summed E-state index contributed by atoms with van der Waals surface area (Å²) in [7, 11) is 0. The standard InChI is InChI=1S/C18H29N3O.2ClH/c1-18(2,3)16(19)17(22)20-10-6-11-21-12-9-14-7-4-5-8-15(14)13-21;;/h4-5,7-8,16H,6,9-13,19H2,1-3H3,(H,20,22);2*1H/t16-;;/m1../s1. The van der Waals surface area contributed by atoms with E-state index in [1.54, 1.807) is 0 Å². The summed E-state index contributed by atoms with van der Waals surface area (Å²) in [6, 6.07) is 8.21. The SMILES string of the molecule is CC(C)(C)[C@H](N)C(=O)NCCCN1CCc2ccccc2C1.Cl.Cl. The van der Waals surface area contributed by atoms with Crippen LogP contribution in [-0.4, -0.2) is 36.5 Å². The second-order valence-electron chi connectivity index (χ2n) is 7.28. The van der Waals surface area contributed by atoms with Crippen molar-refractivity contribution in [2.75, 3.05) is 19.6 Å². The van der Waals surface area contributed by atoms with Crippen LogP contribution in [0, 0.1) is 5.41 Å². The zero-order valence-corrected chi connectivity index (χ0v) is 16.5. The van der Waals surface area contributed by atoms with Gasteiger partial charge in [0, 0.05) is 26.2 Å². The topological polar surface area (TPSA) is 58.4 Å². The van der Waals surface area contributed by atoms with Crippen molar-refractivity contribution in [2.24, 2.45) is 11.1 Å². The number of nitrogens with two attached hydrogens (primary N) is 1. The maximum absolute atomic E-state index is 12.0. The number of rotatable bonds is 5. The van der Waals surface area contributed by atoms with Crippen LogP contribution in [0.25, 0.3) is 0 Å². The van der Waals surface area contributed by atoms with E-state index in [-0.39, 0.29) is 36.1 Å². The van der Waals surface area contributed by atoms with Crippen molar-refractivity contribution in [1.82, 2.24) is 10.2 Å². The van der Waals surface area contributed by atoms with Crippen molar-refractivity contribution >= 4 is 30.7 Å². The molecule has 24 heavy (non-hydrogen) atoms. The molecule has 1 amide bonds. The lowest BCUT2D eigenvalue weighted by Crippen LogP contribution is -2.49. The summed E-state index contributed by atoms with van der Waals surface area (Å²) in [4.78, 5) is 14.4. The molecule has 0 spiro atoms. The first kappa shape index (κ1) is 23.2. The Balaban J connectivity index is 0.00000264. The smallest absolute Gasteiger partial charge is 0.237 e. The highest BCUT2D eigenvalue weighted by Gasteiger charge is 2.27.